The van der Waals surface area contributed by atoms with Crippen LogP contribution in [0.15, 0.2) is 28.6 Å². The molecule has 2 rings (SSSR count). The molecule has 0 radical (unpaired) electrons. The van der Waals surface area contributed by atoms with Gasteiger partial charge in [0.2, 0.25) is 10.0 Å². The van der Waals surface area contributed by atoms with Crippen LogP contribution in [0.25, 0.3) is 0 Å². The number of aryl methyl sites for hydroxylation is 1. The summed E-state index contributed by atoms with van der Waals surface area (Å²) in [5.41, 5.74) is 2.62. The van der Waals surface area contributed by atoms with Crippen molar-refractivity contribution in [1.29, 1.82) is 0 Å². The molecule has 8 heteroatoms. The first-order valence-corrected chi connectivity index (χ1v) is 8.40. The van der Waals surface area contributed by atoms with Crippen LogP contribution in [0.1, 0.15) is 26.5 Å². The van der Waals surface area contributed by atoms with E-state index in [4.69, 9.17) is 5.11 Å². The monoisotopic (exact) mass is 326 g/mol. The predicted octanol–water partition coefficient (Wildman–Crippen LogP) is 1.94. The lowest BCUT2D eigenvalue weighted by atomic mass is 10.1. The molecule has 0 saturated carbocycles. The Morgan fingerprint density at radius 3 is 2.67 bits per heavy atom. The molecule has 0 bridgehead atoms. The van der Waals surface area contributed by atoms with E-state index in [0.717, 1.165) is 10.6 Å². The topological polar surface area (TPSA) is 96.4 Å². The summed E-state index contributed by atoms with van der Waals surface area (Å²) in [6, 6.07) is 4.19. The van der Waals surface area contributed by atoms with Gasteiger partial charge >= 0.3 is 5.97 Å². The van der Waals surface area contributed by atoms with E-state index in [1.807, 2.05) is 0 Å². The van der Waals surface area contributed by atoms with E-state index in [1.165, 1.54) is 36.5 Å². The van der Waals surface area contributed by atoms with Crippen molar-refractivity contribution in [3.8, 4) is 0 Å². The summed E-state index contributed by atoms with van der Waals surface area (Å²) in [5, 5.41) is 9.05. The molecule has 0 aliphatic heterocycles. The predicted molar refractivity (Wildman–Crippen MR) is 79.0 cm³/mol. The third-order valence-corrected chi connectivity index (χ3v) is 5.55. The Labute approximate surface area is 126 Å². The van der Waals surface area contributed by atoms with Crippen LogP contribution in [0.3, 0.4) is 0 Å². The van der Waals surface area contributed by atoms with Gasteiger partial charge in [-0.3, -0.25) is 0 Å². The van der Waals surface area contributed by atoms with Crippen molar-refractivity contribution in [3.63, 3.8) is 0 Å². The molecule has 2 aromatic rings. The number of carbonyl (C=O) groups is 1. The van der Waals surface area contributed by atoms with E-state index in [9.17, 15) is 13.2 Å². The zero-order valence-electron chi connectivity index (χ0n) is 11.5. The van der Waals surface area contributed by atoms with Crippen LogP contribution in [0.2, 0.25) is 0 Å². The minimum Gasteiger partial charge on any atom is -0.478 e. The van der Waals surface area contributed by atoms with Gasteiger partial charge in [-0.15, -0.1) is 11.3 Å². The lowest BCUT2D eigenvalue weighted by Gasteiger charge is -2.10. The highest BCUT2D eigenvalue weighted by Crippen LogP contribution is 2.20. The third kappa shape index (κ3) is 3.29. The van der Waals surface area contributed by atoms with E-state index in [1.54, 1.807) is 12.4 Å². The van der Waals surface area contributed by atoms with Crippen LogP contribution in [-0.2, 0) is 16.6 Å². The third-order valence-electron chi connectivity index (χ3n) is 3.07. The molecule has 0 amide bonds. The van der Waals surface area contributed by atoms with Crippen molar-refractivity contribution in [2.24, 2.45) is 0 Å². The molecule has 1 aromatic heterocycles. The number of hydrogen-bond acceptors (Lipinski definition) is 5. The maximum absolute atomic E-state index is 12.3. The molecule has 21 heavy (non-hydrogen) atoms. The average Bonchev–Trinajstić information content (AvgIpc) is 2.82. The Hall–Kier alpha value is -1.77. The van der Waals surface area contributed by atoms with Crippen LogP contribution in [0.4, 0.5) is 0 Å². The minimum atomic E-state index is -3.77. The second-order valence-corrected chi connectivity index (χ2v) is 7.09. The van der Waals surface area contributed by atoms with Crippen molar-refractivity contribution in [1.82, 2.24) is 9.71 Å². The first-order valence-electron chi connectivity index (χ1n) is 6.04. The van der Waals surface area contributed by atoms with Gasteiger partial charge < -0.3 is 5.11 Å². The Kier molecular flexibility index (Phi) is 4.40. The molecule has 112 valence electrons. The Morgan fingerprint density at radius 1 is 1.38 bits per heavy atom. The largest absolute Gasteiger partial charge is 0.478 e. The van der Waals surface area contributed by atoms with E-state index >= 15 is 0 Å². The molecule has 0 atom stereocenters. The smallest absolute Gasteiger partial charge is 0.335 e. The van der Waals surface area contributed by atoms with Gasteiger partial charge in [0.15, 0.2) is 0 Å². The summed E-state index contributed by atoms with van der Waals surface area (Å²) in [6.45, 7) is 3.42. The second-order valence-electron chi connectivity index (χ2n) is 4.42. The number of nitrogens with zero attached hydrogens (tertiary/aromatic N) is 1. The normalized spacial score (nSPS) is 11.5. The first-order chi connectivity index (χ1) is 9.83. The zero-order chi connectivity index (χ0) is 15.6. The number of sulfonamides is 1. The molecule has 0 saturated heterocycles. The molecule has 0 spiro atoms. The van der Waals surface area contributed by atoms with Gasteiger partial charge in [0.05, 0.1) is 21.7 Å². The van der Waals surface area contributed by atoms with Gasteiger partial charge in [0, 0.05) is 11.4 Å². The maximum Gasteiger partial charge on any atom is 0.335 e. The van der Waals surface area contributed by atoms with Crippen LogP contribution in [-0.4, -0.2) is 24.5 Å². The number of carboxylic acids is 1. The van der Waals surface area contributed by atoms with Gasteiger partial charge in [-0.2, -0.15) is 0 Å². The van der Waals surface area contributed by atoms with Crippen molar-refractivity contribution in [2.75, 3.05) is 0 Å². The summed E-state index contributed by atoms with van der Waals surface area (Å²) in [6.07, 6.45) is 0. The minimum absolute atomic E-state index is 0.0214. The van der Waals surface area contributed by atoms with Crippen LogP contribution < -0.4 is 4.72 Å². The van der Waals surface area contributed by atoms with Gasteiger partial charge in [0.1, 0.15) is 0 Å². The lowest BCUT2D eigenvalue weighted by molar-refractivity contribution is 0.0696. The van der Waals surface area contributed by atoms with Crippen molar-refractivity contribution >= 4 is 27.3 Å². The maximum atomic E-state index is 12.3. The fourth-order valence-corrected chi connectivity index (χ4v) is 3.94. The quantitative estimate of drug-likeness (QED) is 0.875. The number of rotatable bonds is 5. The number of carboxylic acid groups (broad SMARTS) is 1. The molecule has 2 N–H and O–H groups in total. The molecule has 0 unspecified atom stereocenters. The van der Waals surface area contributed by atoms with E-state index in [2.05, 4.69) is 9.71 Å². The van der Waals surface area contributed by atoms with Gasteiger partial charge in [-0.05, 0) is 31.5 Å². The number of benzene rings is 1. The molecule has 6 nitrogen and oxygen atoms in total. The summed E-state index contributed by atoms with van der Waals surface area (Å²) < 4.78 is 27.1. The Morgan fingerprint density at radius 2 is 2.10 bits per heavy atom. The highest BCUT2D eigenvalue weighted by atomic mass is 32.2. The molecule has 1 heterocycles. The van der Waals surface area contributed by atoms with Crippen LogP contribution in [0, 0.1) is 13.8 Å². The summed E-state index contributed by atoms with van der Waals surface area (Å²) >= 11 is 1.37. The summed E-state index contributed by atoms with van der Waals surface area (Å²) in [4.78, 5) is 15.9. The number of hydrogen-bond donors (Lipinski definition) is 2. The lowest BCUT2D eigenvalue weighted by Crippen LogP contribution is -2.24. The number of aromatic carboxylic acids is 1. The number of aromatic nitrogens is 1. The first kappa shape index (κ1) is 15.6. The highest BCUT2D eigenvalue weighted by Gasteiger charge is 2.20. The number of nitrogens with one attached hydrogen (secondary N) is 1. The van der Waals surface area contributed by atoms with Crippen LogP contribution in [0.5, 0.6) is 0 Å². The summed E-state index contributed by atoms with van der Waals surface area (Å²) in [7, 11) is -3.77. The molecule has 1 aromatic carbocycles. The molecule has 0 aliphatic rings. The second kappa shape index (κ2) is 5.92. The average molecular weight is 326 g/mol. The summed E-state index contributed by atoms with van der Waals surface area (Å²) in [5.74, 6) is -1.15. The van der Waals surface area contributed by atoms with E-state index in [0.29, 0.717) is 0 Å². The Bertz CT molecular complexity index is 781. The van der Waals surface area contributed by atoms with Crippen molar-refractivity contribution < 1.29 is 18.3 Å². The standard InChI is InChI=1S/C13H14N2O4S2/c1-8-10(13(16)17)4-3-5-12(8)21(18,19)15-6-11-9(2)14-7-20-11/h3-5,7,15H,6H2,1-2H3,(H,16,17). The van der Waals surface area contributed by atoms with Gasteiger partial charge in [-0.25, -0.2) is 22.9 Å². The molecule has 0 fully saturated rings. The van der Waals surface area contributed by atoms with Crippen LogP contribution >= 0.6 is 11.3 Å². The SMILES string of the molecule is Cc1ncsc1CNS(=O)(=O)c1cccc(C(=O)O)c1C. The van der Waals surface area contributed by atoms with E-state index in [-0.39, 0.29) is 22.6 Å². The van der Waals surface area contributed by atoms with E-state index < -0.39 is 16.0 Å². The molecular weight excluding hydrogens is 312 g/mol. The van der Waals surface area contributed by atoms with Gasteiger partial charge in [-0.1, -0.05) is 6.07 Å². The van der Waals surface area contributed by atoms with Crippen molar-refractivity contribution in [2.45, 2.75) is 25.3 Å². The highest BCUT2D eigenvalue weighted by molar-refractivity contribution is 7.89. The molecule has 0 aliphatic carbocycles. The molecular formula is C13H14N2O4S2. The number of thiazole rings is 1. The fraction of sp³-hybridized carbons (Fsp3) is 0.231. The zero-order valence-corrected chi connectivity index (χ0v) is 13.1. The van der Waals surface area contributed by atoms with Crippen molar-refractivity contribution in [3.05, 3.63) is 45.4 Å². The Balaban J connectivity index is 2.30. The fourth-order valence-electron chi connectivity index (χ4n) is 1.87. The van der Waals surface area contributed by atoms with Gasteiger partial charge in [0.25, 0.3) is 0 Å².